The lowest BCUT2D eigenvalue weighted by molar-refractivity contribution is -0.365. The van der Waals surface area contributed by atoms with Crippen molar-refractivity contribution in [2.24, 2.45) is 0 Å². The second-order valence-electron chi connectivity index (χ2n) is 13.8. The molecule has 0 aromatic heterocycles. The summed E-state index contributed by atoms with van der Waals surface area (Å²) in [5.41, 5.74) is 0. The lowest BCUT2D eigenvalue weighted by atomic mass is 9.97. The number of esters is 2. The van der Waals surface area contributed by atoms with Crippen LogP contribution in [-0.4, -0.2) is 107 Å². The van der Waals surface area contributed by atoms with E-state index in [9.17, 15) is 30.0 Å². The van der Waals surface area contributed by atoms with E-state index in [4.69, 9.17) is 28.4 Å². The average molecular weight is 705 g/mol. The van der Waals surface area contributed by atoms with Crippen molar-refractivity contribution in [1.29, 1.82) is 0 Å². The Bertz CT molecular complexity index is 874. The first-order chi connectivity index (χ1) is 23.6. The molecule has 0 unspecified atom stereocenters. The first kappa shape index (κ1) is 43.8. The Balaban J connectivity index is 1.79. The molecule has 0 radical (unpaired) electrons. The van der Waals surface area contributed by atoms with Crippen molar-refractivity contribution >= 4 is 11.9 Å². The van der Waals surface area contributed by atoms with E-state index < -0.39 is 73.4 Å². The van der Waals surface area contributed by atoms with Gasteiger partial charge in [0.25, 0.3) is 0 Å². The number of ether oxygens (including phenoxy) is 6. The molecule has 0 spiro atoms. The van der Waals surface area contributed by atoms with Crippen LogP contribution < -0.4 is 0 Å². The van der Waals surface area contributed by atoms with Crippen LogP contribution in [0.3, 0.4) is 0 Å². The number of hydrogen-bond acceptors (Lipinski definition) is 12. The predicted molar refractivity (Wildman–Crippen MR) is 183 cm³/mol. The molecule has 2 aliphatic heterocycles. The minimum atomic E-state index is -1.63. The van der Waals surface area contributed by atoms with Gasteiger partial charge >= 0.3 is 11.9 Å². The molecule has 2 aliphatic rings. The maximum atomic E-state index is 12.5. The largest absolute Gasteiger partial charge is 0.463 e. The third-order valence-electron chi connectivity index (χ3n) is 9.39. The summed E-state index contributed by atoms with van der Waals surface area (Å²) in [6.45, 7) is 7.72. The van der Waals surface area contributed by atoms with Crippen molar-refractivity contribution in [1.82, 2.24) is 0 Å². The maximum absolute atomic E-state index is 12.5. The third-order valence-corrected chi connectivity index (χ3v) is 9.39. The van der Waals surface area contributed by atoms with Crippen LogP contribution in [-0.2, 0) is 38.0 Å². The summed E-state index contributed by atoms with van der Waals surface area (Å²) in [5, 5.41) is 43.6. The van der Waals surface area contributed by atoms with E-state index >= 15 is 0 Å². The van der Waals surface area contributed by atoms with Gasteiger partial charge in [-0.25, -0.2) is 0 Å². The maximum Gasteiger partial charge on any atom is 0.306 e. The van der Waals surface area contributed by atoms with E-state index in [1.807, 2.05) is 13.8 Å². The van der Waals surface area contributed by atoms with Gasteiger partial charge in [-0.1, -0.05) is 111 Å². The minimum absolute atomic E-state index is 0.179. The van der Waals surface area contributed by atoms with Gasteiger partial charge in [-0.15, -0.1) is 0 Å². The van der Waals surface area contributed by atoms with Crippen LogP contribution >= 0.6 is 0 Å². The number of carbonyl (C=O) groups excluding carboxylic acids is 2. The number of unbranched alkanes of at least 4 members (excludes halogenated alkanes) is 14. The van der Waals surface area contributed by atoms with Gasteiger partial charge < -0.3 is 48.8 Å². The molecule has 2 fully saturated rings. The van der Waals surface area contributed by atoms with Crippen LogP contribution in [0.15, 0.2) is 0 Å². The smallest absolute Gasteiger partial charge is 0.306 e. The molecule has 10 atom stereocenters. The summed E-state index contributed by atoms with van der Waals surface area (Å²) in [6.07, 6.45) is 5.91. The molecule has 0 saturated carbocycles. The number of aliphatic hydroxyl groups excluding tert-OH is 4. The summed E-state index contributed by atoms with van der Waals surface area (Å²) < 4.78 is 34.2. The zero-order chi connectivity index (χ0) is 36.0. The number of rotatable bonds is 26. The van der Waals surface area contributed by atoms with Crippen molar-refractivity contribution in [2.75, 3.05) is 13.2 Å². The molecule has 49 heavy (non-hydrogen) atoms. The van der Waals surface area contributed by atoms with Crippen LogP contribution in [0.1, 0.15) is 150 Å². The average Bonchev–Trinajstić information content (AvgIpc) is 3.08. The zero-order valence-corrected chi connectivity index (χ0v) is 30.7. The van der Waals surface area contributed by atoms with Crippen molar-refractivity contribution in [3.8, 4) is 0 Å². The van der Waals surface area contributed by atoms with E-state index in [0.717, 1.165) is 32.1 Å². The Labute approximate surface area is 294 Å². The Morgan fingerprint density at radius 1 is 0.571 bits per heavy atom. The number of aliphatic hydroxyl groups is 4. The van der Waals surface area contributed by atoms with Gasteiger partial charge in [0.15, 0.2) is 18.7 Å². The quantitative estimate of drug-likeness (QED) is 0.0684. The Hall–Kier alpha value is -1.38. The molecule has 2 heterocycles. The molecular formula is C37H68O12. The summed E-state index contributed by atoms with van der Waals surface area (Å²) >= 11 is 0. The highest BCUT2D eigenvalue weighted by molar-refractivity contribution is 5.69. The van der Waals surface area contributed by atoms with Crippen molar-refractivity contribution < 1.29 is 58.4 Å². The molecule has 4 N–H and O–H groups in total. The van der Waals surface area contributed by atoms with Gasteiger partial charge in [0, 0.05) is 19.4 Å². The normalized spacial score (nSPS) is 30.3. The summed E-state index contributed by atoms with van der Waals surface area (Å²) in [6, 6.07) is 0. The van der Waals surface area contributed by atoms with Gasteiger partial charge in [0.1, 0.15) is 43.2 Å². The highest BCUT2D eigenvalue weighted by Crippen LogP contribution is 2.31. The number of hydrogen-bond donors (Lipinski definition) is 4. The van der Waals surface area contributed by atoms with Crippen molar-refractivity contribution in [2.45, 2.75) is 211 Å². The molecule has 2 rings (SSSR count). The van der Waals surface area contributed by atoms with E-state index in [2.05, 4.69) is 6.92 Å². The molecule has 0 aromatic rings. The standard InChI is InChI=1S/C37H68O12/c1-5-8-11-12-13-14-15-16-17-18-19-20-21-23-28(38)45-25-27-30(40)31(41)35(37(47-27)44-24-10-7-3)49-36-33(43)32(42)34(26(4)46-36)48-29(39)22-9-6-2/h26-27,30-37,40-43H,5-25H2,1-4H3/t26-,27+,30+,31-,32-,33+,34-,35+,36-,37+/m0/s1. The molecule has 2 saturated heterocycles. The summed E-state index contributed by atoms with van der Waals surface area (Å²) in [7, 11) is 0. The van der Waals surface area contributed by atoms with E-state index in [-0.39, 0.29) is 26.1 Å². The highest BCUT2D eigenvalue weighted by Gasteiger charge is 2.51. The lowest BCUT2D eigenvalue weighted by Gasteiger charge is -2.46. The predicted octanol–water partition coefficient (Wildman–Crippen LogP) is 5.23. The fourth-order valence-electron chi connectivity index (χ4n) is 6.17. The summed E-state index contributed by atoms with van der Waals surface area (Å²) in [5.74, 6) is -0.908. The molecular weight excluding hydrogens is 636 g/mol. The SMILES string of the molecule is CCCCCCCCCCCCCCCC(=O)OC[C@H]1O[C@@H](OCCCC)[C@H](O[C@@H]2O[C@@H](C)[C@H](OC(=O)CCCC)[C@@H](O)[C@H]2O)[C@@H](O)[C@@H]1O. The molecule has 0 aliphatic carbocycles. The van der Waals surface area contributed by atoms with Gasteiger partial charge in [-0.3, -0.25) is 9.59 Å². The van der Waals surface area contributed by atoms with Crippen LogP contribution in [0.25, 0.3) is 0 Å². The fourth-order valence-corrected chi connectivity index (χ4v) is 6.17. The summed E-state index contributed by atoms with van der Waals surface area (Å²) in [4.78, 5) is 24.6. The topological polar surface area (TPSA) is 170 Å². The highest BCUT2D eigenvalue weighted by atomic mass is 16.8. The zero-order valence-electron chi connectivity index (χ0n) is 30.7. The number of carbonyl (C=O) groups is 2. The van der Waals surface area contributed by atoms with Gasteiger partial charge in [0.05, 0.1) is 6.10 Å². The first-order valence-electron chi connectivity index (χ1n) is 19.3. The Kier molecular flexibility index (Phi) is 22.8. The second kappa shape index (κ2) is 25.6. The Morgan fingerprint density at radius 2 is 1.10 bits per heavy atom. The van der Waals surface area contributed by atoms with Crippen LogP contribution in [0.4, 0.5) is 0 Å². The van der Waals surface area contributed by atoms with E-state index in [0.29, 0.717) is 12.8 Å². The molecule has 288 valence electrons. The van der Waals surface area contributed by atoms with Gasteiger partial charge in [0.2, 0.25) is 0 Å². The van der Waals surface area contributed by atoms with Gasteiger partial charge in [-0.2, -0.15) is 0 Å². The molecule has 0 amide bonds. The molecule has 12 heteroatoms. The van der Waals surface area contributed by atoms with E-state index in [1.165, 1.54) is 64.2 Å². The molecule has 0 bridgehead atoms. The fraction of sp³-hybridized carbons (Fsp3) is 0.946. The van der Waals surface area contributed by atoms with Crippen LogP contribution in [0.2, 0.25) is 0 Å². The van der Waals surface area contributed by atoms with Crippen LogP contribution in [0.5, 0.6) is 0 Å². The van der Waals surface area contributed by atoms with Crippen molar-refractivity contribution in [3.05, 3.63) is 0 Å². The monoisotopic (exact) mass is 704 g/mol. The van der Waals surface area contributed by atoms with Gasteiger partial charge in [-0.05, 0) is 26.2 Å². The Morgan fingerprint density at radius 3 is 1.69 bits per heavy atom. The lowest BCUT2D eigenvalue weighted by Crippen LogP contribution is -2.64. The second-order valence-corrected chi connectivity index (χ2v) is 13.8. The van der Waals surface area contributed by atoms with Crippen molar-refractivity contribution in [3.63, 3.8) is 0 Å². The first-order valence-corrected chi connectivity index (χ1v) is 19.3. The molecule has 12 nitrogen and oxygen atoms in total. The third kappa shape index (κ3) is 16.2. The van der Waals surface area contributed by atoms with E-state index in [1.54, 1.807) is 6.92 Å². The molecule has 0 aromatic carbocycles. The van der Waals surface area contributed by atoms with Crippen LogP contribution in [0, 0.1) is 0 Å². The minimum Gasteiger partial charge on any atom is -0.463 e.